The number of esters is 1. The lowest BCUT2D eigenvalue weighted by Gasteiger charge is -2.21. The van der Waals surface area contributed by atoms with Crippen LogP contribution in [0.3, 0.4) is 0 Å². The Labute approximate surface area is 173 Å². The van der Waals surface area contributed by atoms with Gasteiger partial charge >= 0.3 is 18.3 Å². The fraction of sp³-hybridized carbons (Fsp3) is 0.300. The van der Waals surface area contributed by atoms with Crippen molar-refractivity contribution in [1.82, 2.24) is 5.32 Å². The van der Waals surface area contributed by atoms with Gasteiger partial charge in [-0.1, -0.05) is 24.3 Å². The molecule has 5 nitrogen and oxygen atoms in total. The molecule has 0 saturated heterocycles. The fourth-order valence-corrected chi connectivity index (χ4v) is 2.48. The van der Waals surface area contributed by atoms with E-state index in [1.54, 1.807) is 0 Å². The van der Waals surface area contributed by atoms with Crippen LogP contribution >= 0.6 is 0 Å². The second-order valence-electron chi connectivity index (χ2n) is 6.26. The molecule has 0 saturated carbocycles. The van der Waals surface area contributed by atoms with E-state index in [1.807, 2.05) is 0 Å². The standard InChI is InChI=1S/C20H17F6NO4/c1-12(28)27-10-11-30-18(29)17(13-6-8-14(9-7-13)19(21,22)23)31-16-5-3-2-4-15(16)20(24,25)26/h2-9,17H,10-11H2,1H3,(H,27,28). The molecule has 1 amide bonds. The number of para-hydroxylation sites is 1. The maximum absolute atomic E-state index is 13.2. The summed E-state index contributed by atoms with van der Waals surface area (Å²) in [7, 11) is 0. The van der Waals surface area contributed by atoms with Crippen LogP contribution in [-0.4, -0.2) is 25.0 Å². The van der Waals surface area contributed by atoms with E-state index in [1.165, 1.54) is 13.0 Å². The van der Waals surface area contributed by atoms with Gasteiger partial charge in [0.1, 0.15) is 12.4 Å². The minimum absolute atomic E-state index is 0.0695. The van der Waals surface area contributed by atoms with E-state index in [9.17, 15) is 35.9 Å². The van der Waals surface area contributed by atoms with Crippen LogP contribution in [0.1, 0.15) is 29.7 Å². The number of ether oxygens (including phenoxy) is 2. The molecule has 0 aliphatic heterocycles. The van der Waals surface area contributed by atoms with Crippen LogP contribution < -0.4 is 10.1 Å². The molecule has 2 aromatic rings. The van der Waals surface area contributed by atoms with Crippen LogP contribution in [0.15, 0.2) is 48.5 Å². The largest absolute Gasteiger partial charge is 0.473 e. The number of carbonyl (C=O) groups is 2. The number of amides is 1. The van der Waals surface area contributed by atoms with E-state index in [2.05, 4.69) is 5.32 Å². The summed E-state index contributed by atoms with van der Waals surface area (Å²) in [6.07, 6.45) is -11.2. The van der Waals surface area contributed by atoms with Gasteiger partial charge in [0.05, 0.1) is 17.7 Å². The normalized spacial score (nSPS) is 12.7. The van der Waals surface area contributed by atoms with E-state index < -0.39 is 47.2 Å². The highest BCUT2D eigenvalue weighted by Gasteiger charge is 2.36. The molecular formula is C20H17F6NO4. The molecule has 168 valence electrons. The predicted molar refractivity (Wildman–Crippen MR) is 95.9 cm³/mol. The number of benzene rings is 2. The third-order valence-electron chi connectivity index (χ3n) is 3.91. The monoisotopic (exact) mass is 449 g/mol. The van der Waals surface area contributed by atoms with Crippen molar-refractivity contribution in [1.29, 1.82) is 0 Å². The SMILES string of the molecule is CC(=O)NCCOC(=O)C(Oc1ccccc1C(F)(F)F)c1ccc(C(F)(F)F)cc1. The van der Waals surface area contributed by atoms with Crippen molar-refractivity contribution in [2.45, 2.75) is 25.4 Å². The number of rotatable bonds is 7. The van der Waals surface area contributed by atoms with Crippen molar-refractivity contribution in [3.8, 4) is 5.75 Å². The minimum Gasteiger partial charge on any atom is -0.473 e. The highest BCUT2D eigenvalue weighted by molar-refractivity contribution is 5.77. The van der Waals surface area contributed by atoms with Crippen LogP contribution in [0.25, 0.3) is 0 Å². The van der Waals surface area contributed by atoms with Gasteiger partial charge in [-0.3, -0.25) is 4.79 Å². The maximum Gasteiger partial charge on any atom is 0.419 e. The van der Waals surface area contributed by atoms with Gasteiger partial charge in [-0.2, -0.15) is 26.3 Å². The van der Waals surface area contributed by atoms with Gasteiger partial charge < -0.3 is 14.8 Å². The average molecular weight is 449 g/mol. The molecule has 1 atom stereocenters. The zero-order valence-corrected chi connectivity index (χ0v) is 16.0. The third-order valence-corrected chi connectivity index (χ3v) is 3.91. The van der Waals surface area contributed by atoms with Crippen molar-refractivity contribution >= 4 is 11.9 Å². The fourth-order valence-electron chi connectivity index (χ4n) is 2.48. The van der Waals surface area contributed by atoms with E-state index in [0.717, 1.165) is 30.3 Å². The van der Waals surface area contributed by atoms with Crippen LogP contribution in [0.5, 0.6) is 5.75 Å². The Kier molecular flexibility index (Phi) is 7.53. The van der Waals surface area contributed by atoms with E-state index >= 15 is 0 Å². The molecule has 0 spiro atoms. The van der Waals surface area contributed by atoms with Gasteiger partial charge in [-0.05, 0) is 24.3 Å². The molecule has 0 aliphatic rings. The summed E-state index contributed by atoms with van der Waals surface area (Å²) in [5, 5.41) is 2.35. The first-order valence-corrected chi connectivity index (χ1v) is 8.80. The molecular weight excluding hydrogens is 432 g/mol. The number of carbonyl (C=O) groups excluding carboxylic acids is 2. The van der Waals surface area contributed by atoms with Gasteiger partial charge in [0.15, 0.2) is 0 Å². The Morgan fingerprint density at radius 3 is 2.10 bits per heavy atom. The first-order valence-electron chi connectivity index (χ1n) is 8.80. The van der Waals surface area contributed by atoms with E-state index in [0.29, 0.717) is 12.1 Å². The number of hydrogen-bond donors (Lipinski definition) is 1. The molecule has 0 aromatic heterocycles. The van der Waals surface area contributed by atoms with Gasteiger partial charge in [-0.15, -0.1) is 0 Å². The minimum atomic E-state index is -4.80. The molecule has 31 heavy (non-hydrogen) atoms. The Balaban J connectivity index is 2.33. The smallest absolute Gasteiger partial charge is 0.419 e. The molecule has 0 radical (unpaired) electrons. The van der Waals surface area contributed by atoms with Crippen LogP contribution in [0.2, 0.25) is 0 Å². The summed E-state index contributed by atoms with van der Waals surface area (Å²) in [5.41, 5.74) is -2.32. The average Bonchev–Trinajstić information content (AvgIpc) is 2.68. The van der Waals surface area contributed by atoms with E-state index in [-0.39, 0.29) is 18.7 Å². The summed E-state index contributed by atoms with van der Waals surface area (Å²) in [6.45, 7) is 0.837. The highest BCUT2D eigenvalue weighted by atomic mass is 19.4. The molecule has 2 rings (SSSR count). The highest BCUT2D eigenvalue weighted by Crippen LogP contribution is 2.38. The molecule has 0 aliphatic carbocycles. The summed E-state index contributed by atoms with van der Waals surface area (Å²) in [5.74, 6) is -2.23. The Bertz CT molecular complexity index is 909. The van der Waals surface area contributed by atoms with Crippen LogP contribution in [0, 0.1) is 0 Å². The molecule has 1 N–H and O–H groups in total. The Morgan fingerprint density at radius 1 is 0.935 bits per heavy atom. The topological polar surface area (TPSA) is 64.6 Å². The molecule has 0 bridgehead atoms. The Morgan fingerprint density at radius 2 is 1.55 bits per heavy atom. The summed E-state index contributed by atoms with van der Waals surface area (Å²) >= 11 is 0. The summed E-state index contributed by atoms with van der Waals surface area (Å²) in [6, 6.07) is 7.26. The van der Waals surface area contributed by atoms with Crippen LogP contribution in [-0.2, 0) is 26.7 Å². The van der Waals surface area contributed by atoms with Gasteiger partial charge in [-0.25, -0.2) is 4.79 Å². The van der Waals surface area contributed by atoms with Gasteiger partial charge in [0.25, 0.3) is 0 Å². The molecule has 0 fully saturated rings. The summed E-state index contributed by atoms with van der Waals surface area (Å²) < 4.78 is 88.3. The van der Waals surface area contributed by atoms with Crippen molar-refractivity contribution in [3.05, 3.63) is 65.2 Å². The molecule has 1 unspecified atom stereocenters. The van der Waals surface area contributed by atoms with E-state index in [4.69, 9.17) is 9.47 Å². The lowest BCUT2D eigenvalue weighted by molar-refractivity contribution is -0.154. The lowest BCUT2D eigenvalue weighted by atomic mass is 10.1. The number of halogens is 6. The van der Waals surface area contributed by atoms with Crippen molar-refractivity contribution in [3.63, 3.8) is 0 Å². The zero-order chi connectivity index (χ0) is 23.2. The Hall–Kier alpha value is -3.24. The number of hydrogen-bond acceptors (Lipinski definition) is 4. The molecule has 11 heteroatoms. The van der Waals surface area contributed by atoms with Gasteiger partial charge in [0.2, 0.25) is 12.0 Å². The number of nitrogens with one attached hydrogen (secondary N) is 1. The third kappa shape index (κ3) is 6.90. The maximum atomic E-state index is 13.2. The number of alkyl halides is 6. The molecule has 0 heterocycles. The first kappa shape index (κ1) is 24.0. The predicted octanol–water partition coefficient (Wildman–Crippen LogP) is 4.52. The van der Waals surface area contributed by atoms with Crippen LogP contribution in [0.4, 0.5) is 26.3 Å². The van der Waals surface area contributed by atoms with Crippen molar-refractivity contribution < 1.29 is 45.4 Å². The lowest BCUT2D eigenvalue weighted by Crippen LogP contribution is -2.28. The van der Waals surface area contributed by atoms with Crippen molar-refractivity contribution in [2.75, 3.05) is 13.2 Å². The second kappa shape index (κ2) is 9.71. The first-order chi connectivity index (χ1) is 14.4. The zero-order valence-electron chi connectivity index (χ0n) is 16.0. The van der Waals surface area contributed by atoms with Crippen molar-refractivity contribution in [2.24, 2.45) is 0 Å². The quantitative estimate of drug-likeness (QED) is 0.384. The molecule has 2 aromatic carbocycles. The summed E-state index contributed by atoms with van der Waals surface area (Å²) in [4.78, 5) is 23.3. The van der Waals surface area contributed by atoms with Gasteiger partial charge in [0, 0.05) is 12.5 Å². The second-order valence-corrected chi connectivity index (χ2v) is 6.26.